The van der Waals surface area contributed by atoms with Gasteiger partial charge in [0.05, 0.1) is 0 Å². The zero-order chi connectivity index (χ0) is 16.2. The lowest BCUT2D eigenvalue weighted by molar-refractivity contribution is -0.141. The third kappa shape index (κ3) is 4.48. The SMILES string of the molecule is CCc1cccc(C)c1NC(=O)N[C@H](C(=O)O)C(C)(C)C. The molecule has 3 N–H and O–H groups in total. The third-order valence-electron chi connectivity index (χ3n) is 3.37. The Morgan fingerprint density at radius 1 is 1.29 bits per heavy atom. The number of aryl methyl sites for hydroxylation is 2. The second-order valence-corrected chi connectivity index (χ2v) is 6.20. The molecule has 0 heterocycles. The van der Waals surface area contributed by atoms with Crippen molar-refractivity contribution >= 4 is 17.7 Å². The summed E-state index contributed by atoms with van der Waals surface area (Å²) in [4.78, 5) is 23.4. The summed E-state index contributed by atoms with van der Waals surface area (Å²) in [6.45, 7) is 9.24. The maximum atomic E-state index is 12.1. The number of aliphatic carboxylic acids is 1. The fourth-order valence-corrected chi connectivity index (χ4v) is 2.13. The van der Waals surface area contributed by atoms with E-state index >= 15 is 0 Å². The number of carboxylic acid groups (broad SMARTS) is 1. The topological polar surface area (TPSA) is 78.4 Å². The molecule has 0 aliphatic heterocycles. The minimum Gasteiger partial charge on any atom is -0.480 e. The fraction of sp³-hybridized carbons (Fsp3) is 0.500. The zero-order valence-corrected chi connectivity index (χ0v) is 13.3. The first-order chi connectivity index (χ1) is 9.66. The molecule has 1 rings (SSSR count). The first-order valence-electron chi connectivity index (χ1n) is 7.05. The highest BCUT2D eigenvalue weighted by atomic mass is 16.4. The number of anilines is 1. The monoisotopic (exact) mass is 292 g/mol. The second kappa shape index (κ2) is 6.61. The molecule has 1 aromatic carbocycles. The molecule has 0 aliphatic rings. The van der Waals surface area contributed by atoms with E-state index in [2.05, 4.69) is 10.6 Å². The number of benzene rings is 1. The van der Waals surface area contributed by atoms with E-state index in [1.807, 2.05) is 32.0 Å². The largest absolute Gasteiger partial charge is 0.480 e. The molecule has 21 heavy (non-hydrogen) atoms. The van der Waals surface area contributed by atoms with Gasteiger partial charge >= 0.3 is 12.0 Å². The first-order valence-corrected chi connectivity index (χ1v) is 7.05. The average Bonchev–Trinajstić information content (AvgIpc) is 2.36. The number of carbonyl (C=O) groups excluding carboxylic acids is 1. The van der Waals surface area contributed by atoms with Gasteiger partial charge in [0.1, 0.15) is 6.04 Å². The second-order valence-electron chi connectivity index (χ2n) is 6.20. The van der Waals surface area contributed by atoms with E-state index in [0.717, 1.165) is 23.2 Å². The predicted molar refractivity (Wildman–Crippen MR) is 83.6 cm³/mol. The van der Waals surface area contributed by atoms with Gasteiger partial charge < -0.3 is 15.7 Å². The molecule has 0 aliphatic carbocycles. The van der Waals surface area contributed by atoms with Crippen molar-refractivity contribution < 1.29 is 14.7 Å². The lowest BCUT2D eigenvalue weighted by Gasteiger charge is -2.28. The van der Waals surface area contributed by atoms with Gasteiger partial charge in [-0.05, 0) is 29.9 Å². The normalized spacial score (nSPS) is 12.6. The Morgan fingerprint density at radius 3 is 2.38 bits per heavy atom. The number of urea groups is 1. The Balaban J connectivity index is 2.90. The summed E-state index contributed by atoms with van der Waals surface area (Å²) in [6.07, 6.45) is 0.791. The molecule has 0 spiro atoms. The molecule has 5 nitrogen and oxygen atoms in total. The highest BCUT2D eigenvalue weighted by molar-refractivity contribution is 5.93. The standard InChI is InChI=1S/C16H24N2O3/c1-6-11-9-7-8-10(2)12(11)17-15(21)18-13(14(19)20)16(3,4)5/h7-9,13H,6H2,1-5H3,(H,19,20)(H2,17,18,21)/t13-/m1/s1. The number of rotatable bonds is 4. The highest BCUT2D eigenvalue weighted by Crippen LogP contribution is 2.22. The van der Waals surface area contributed by atoms with Crippen molar-refractivity contribution in [1.29, 1.82) is 0 Å². The van der Waals surface area contributed by atoms with Crippen molar-refractivity contribution in [2.24, 2.45) is 5.41 Å². The summed E-state index contributed by atoms with van der Waals surface area (Å²) in [5.74, 6) is -1.04. The number of amides is 2. The van der Waals surface area contributed by atoms with Crippen LogP contribution in [0, 0.1) is 12.3 Å². The Bertz CT molecular complexity index is 533. The molecule has 5 heteroatoms. The summed E-state index contributed by atoms with van der Waals surface area (Å²) in [6, 6.07) is 4.34. The Labute approximate surface area is 125 Å². The summed E-state index contributed by atoms with van der Waals surface area (Å²) >= 11 is 0. The lowest BCUT2D eigenvalue weighted by atomic mass is 9.87. The van der Waals surface area contributed by atoms with Gasteiger partial charge in [0.25, 0.3) is 0 Å². The number of nitrogens with one attached hydrogen (secondary N) is 2. The zero-order valence-electron chi connectivity index (χ0n) is 13.3. The number of hydrogen-bond acceptors (Lipinski definition) is 2. The van der Waals surface area contributed by atoms with Crippen LogP contribution in [0.25, 0.3) is 0 Å². The molecule has 0 unspecified atom stereocenters. The third-order valence-corrected chi connectivity index (χ3v) is 3.37. The molecule has 116 valence electrons. The minimum absolute atomic E-state index is 0.499. The van der Waals surface area contributed by atoms with Gasteiger partial charge in [0.15, 0.2) is 0 Å². The van der Waals surface area contributed by atoms with Crippen LogP contribution in [-0.2, 0) is 11.2 Å². The molecular formula is C16H24N2O3. The molecule has 0 radical (unpaired) electrons. The van der Waals surface area contributed by atoms with E-state index in [1.54, 1.807) is 20.8 Å². The van der Waals surface area contributed by atoms with Gasteiger partial charge in [-0.1, -0.05) is 45.9 Å². The van der Waals surface area contributed by atoms with Gasteiger partial charge in [0, 0.05) is 5.69 Å². The van der Waals surface area contributed by atoms with Crippen molar-refractivity contribution in [3.8, 4) is 0 Å². The van der Waals surface area contributed by atoms with E-state index in [-0.39, 0.29) is 0 Å². The summed E-state index contributed by atoms with van der Waals surface area (Å²) in [7, 11) is 0. The van der Waals surface area contributed by atoms with E-state index < -0.39 is 23.5 Å². The molecule has 0 bridgehead atoms. The number of para-hydroxylation sites is 1. The first kappa shape index (κ1) is 17.0. The molecular weight excluding hydrogens is 268 g/mol. The number of hydrogen-bond donors (Lipinski definition) is 3. The number of carbonyl (C=O) groups is 2. The van der Waals surface area contributed by atoms with Crippen molar-refractivity contribution in [3.63, 3.8) is 0 Å². The van der Waals surface area contributed by atoms with Crippen molar-refractivity contribution in [3.05, 3.63) is 29.3 Å². The van der Waals surface area contributed by atoms with Crippen LogP contribution in [0.1, 0.15) is 38.8 Å². The van der Waals surface area contributed by atoms with Crippen LogP contribution < -0.4 is 10.6 Å². The Morgan fingerprint density at radius 2 is 1.90 bits per heavy atom. The van der Waals surface area contributed by atoms with E-state index in [0.29, 0.717) is 0 Å². The van der Waals surface area contributed by atoms with Crippen LogP contribution >= 0.6 is 0 Å². The van der Waals surface area contributed by atoms with Crippen LogP contribution in [0.15, 0.2) is 18.2 Å². The predicted octanol–water partition coefficient (Wildman–Crippen LogP) is 3.18. The summed E-state index contributed by atoms with van der Waals surface area (Å²) in [5, 5.41) is 14.5. The van der Waals surface area contributed by atoms with Gasteiger partial charge in [-0.3, -0.25) is 0 Å². The maximum absolute atomic E-state index is 12.1. The van der Waals surface area contributed by atoms with Crippen molar-refractivity contribution in [2.75, 3.05) is 5.32 Å². The number of carboxylic acids is 1. The quantitative estimate of drug-likeness (QED) is 0.797. The average molecular weight is 292 g/mol. The van der Waals surface area contributed by atoms with Crippen molar-refractivity contribution in [2.45, 2.75) is 47.1 Å². The molecule has 0 aromatic heterocycles. The van der Waals surface area contributed by atoms with Crippen LogP contribution in [0.3, 0.4) is 0 Å². The summed E-state index contributed by atoms with van der Waals surface area (Å²) < 4.78 is 0. The smallest absolute Gasteiger partial charge is 0.326 e. The van der Waals surface area contributed by atoms with Crippen molar-refractivity contribution in [1.82, 2.24) is 5.32 Å². The van der Waals surface area contributed by atoms with Gasteiger partial charge in [0.2, 0.25) is 0 Å². The van der Waals surface area contributed by atoms with Crippen LogP contribution in [-0.4, -0.2) is 23.1 Å². The summed E-state index contributed by atoms with van der Waals surface area (Å²) in [5.41, 5.74) is 2.15. The lowest BCUT2D eigenvalue weighted by Crippen LogP contribution is -2.50. The van der Waals surface area contributed by atoms with Crippen LogP contribution in [0.2, 0.25) is 0 Å². The Hall–Kier alpha value is -2.04. The fourth-order valence-electron chi connectivity index (χ4n) is 2.13. The molecule has 0 fully saturated rings. The van der Waals surface area contributed by atoms with Gasteiger partial charge in [-0.15, -0.1) is 0 Å². The van der Waals surface area contributed by atoms with E-state index in [9.17, 15) is 14.7 Å². The van der Waals surface area contributed by atoms with E-state index in [1.165, 1.54) is 0 Å². The highest BCUT2D eigenvalue weighted by Gasteiger charge is 2.32. The minimum atomic E-state index is -1.04. The molecule has 1 atom stereocenters. The molecule has 0 saturated heterocycles. The van der Waals surface area contributed by atoms with E-state index in [4.69, 9.17) is 0 Å². The van der Waals surface area contributed by atoms with Crippen LogP contribution in [0.5, 0.6) is 0 Å². The molecule has 1 aromatic rings. The van der Waals surface area contributed by atoms with Crippen LogP contribution in [0.4, 0.5) is 10.5 Å². The van der Waals surface area contributed by atoms with Gasteiger partial charge in [-0.2, -0.15) is 0 Å². The molecule has 0 saturated carbocycles. The maximum Gasteiger partial charge on any atom is 0.326 e. The Kier molecular flexibility index (Phi) is 5.35. The van der Waals surface area contributed by atoms with Gasteiger partial charge in [-0.25, -0.2) is 9.59 Å². The molecule has 2 amide bonds.